The van der Waals surface area contributed by atoms with Gasteiger partial charge in [-0.2, -0.15) is 0 Å². The maximum atomic E-state index is 12.3. The SMILES string of the molecule is CCOc1cc(C(=S)N2CC[NH+](CC)CC2)ccc1OCC(=O)N1CCCC1. The number of thiocarbonyl (C=S) groups is 1. The Balaban J connectivity index is 1.64. The van der Waals surface area contributed by atoms with Crippen LogP contribution in [0.1, 0.15) is 32.3 Å². The molecule has 1 aromatic rings. The Labute approximate surface area is 173 Å². The molecule has 0 spiro atoms. The predicted molar refractivity (Wildman–Crippen MR) is 113 cm³/mol. The maximum Gasteiger partial charge on any atom is 0.260 e. The van der Waals surface area contributed by atoms with E-state index in [-0.39, 0.29) is 12.5 Å². The number of rotatable bonds is 7. The largest absolute Gasteiger partial charge is 0.490 e. The summed E-state index contributed by atoms with van der Waals surface area (Å²) < 4.78 is 11.6. The number of hydrogen-bond acceptors (Lipinski definition) is 4. The lowest BCUT2D eigenvalue weighted by Gasteiger charge is -2.33. The van der Waals surface area contributed by atoms with Gasteiger partial charge in [-0.25, -0.2) is 0 Å². The molecule has 0 aliphatic carbocycles. The van der Waals surface area contributed by atoms with E-state index in [1.54, 1.807) is 4.90 Å². The predicted octanol–water partition coefficient (Wildman–Crippen LogP) is 0.982. The number of likely N-dealkylation sites (N-methyl/N-ethyl adjacent to an activating group) is 1. The summed E-state index contributed by atoms with van der Waals surface area (Å²) in [4.78, 5) is 18.9. The fraction of sp³-hybridized carbons (Fsp3) is 0.619. The second-order valence-electron chi connectivity index (χ2n) is 7.37. The van der Waals surface area contributed by atoms with Crippen LogP contribution in [-0.2, 0) is 4.79 Å². The molecular formula is C21H32N3O3S+. The summed E-state index contributed by atoms with van der Waals surface area (Å²) in [6, 6.07) is 5.79. The molecule has 7 heteroatoms. The zero-order valence-corrected chi connectivity index (χ0v) is 17.9. The van der Waals surface area contributed by atoms with Gasteiger partial charge in [-0.05, 0) is 44.9 Å². The number of ether oxygens (including phenoxy) is 2. The standard InChI is InChI=1S/C21H31N3O3S/c1-3-22-11-13-24(14-12-22)21(28)17-7-8-18(19(15-17)26-4-2)27-16-20(25)23-9-5-6-10-23/h7-8,15H,3-6,9-14,16H2,1-2H3/p+1. The summed E-state index contributed by atoms with van der Waals surface area (Å²) in [6.45, 7) is 11.8. The zero-order chi connectivity index (χ0) is 19.9. The van der Waals surface area contributed by atoms with E-state index in [1.165, 1.54) is 0 Å². The summed E-state index contributed by atoms with van der Waals surface area (Å²) in [5.74, 6) is 1.28. The Bertz CT molecular complexity index is 683. The Morgan fingerprint density at radius 1 is 1.04 bits per heavy atom. The third kappa shape index (κ3) is 5.14. The number of carbonyl (C=O) groups is 1. The van der Waals surface area contributed by atoms with Crippen LogP contribution in [0.4, 0.5) is 0 Å². The van der Waals surface area contributed by atoms with Gasteiger partial charge < -0.3 is 24.2 Å². The number of nitrogens with zero attached hydrogens (tertiary/aromatic N) is 2. The van der Waals surface area contributed by atoms with Crippen molar-refractivity contribution >= 4 is 23.1 Å². The van der Waals surface area contributed by atoms with E-state index in [2.05, 4.69) is 11.8 Å². The lowest BCUT2D eigenvalue weighted by atomic mass is 10.1. The molecule has 2 aliphatic heterocycles. The molecule has 0 unspecified atom stereocenters. The Kier molecular flexibility index (Phi) is 7.50. The van der Waals surface area contributed by atoms with Crippen LogP contribution in [0.25, 0.3) is 0 Å². The molecule has 0 radical (unpaired) electrons. The Hall–Kier alpha value is -1.86. The molecule has 1 aromatic carbocycles. The first-order chi connectivity index (χ1) is 13.6. The van der Waals surface area contributed by atoms with Gasteiger partial charge in [0.05, 0.1) is 39.3 Å². The minimum Gasteiger partial charge on any atom is -0.490 e. The normalized spacial score (nSPS) is 17.6. The van der Waals surface area contributed by atoms with Crippen LogP contribution in [0.5, 0.6) is 11.5 Å². The molecule has 0 bridgehead atoms. The molecule has 28 heavy (non-hydrogen) atoms. The average Bonchev–Trinajstić information content (AvgIpc) is 3.27. The van der Waals surface area contributed by atoms with Crippen molar-refractivity contribution < 1.29 is 19.2 Å². The third-order valence-corrected chi connectivity index (χ3v) is 6.05. The van der Waals surface area contributed by atoms with Crippen molar-refractivity contribution in [3.63, 3.8) is 0 Å². The van der Waals surface area contributed by atoms with E-state index < -0.39 is 0 Å². The molecule has 2 saturated heterocycles. The van der Waals surface area contributed by atoms with Crippen LogP contribution in [0.15, 0.2) is 18.2 Å². The molecule has 0 saturated carbocycles. The van der Waals surface area contributed by atoms with Gasteiger partial charge in [0, 0.05) is 18.7 Å². The molecule has 1 N–H and O–H groups in total. The molecular weight excluding hydrogens is 374 g/mol. The van der Waals surface area contributed by atoms with Gasteiger partial charge in [-0.15, -0.1) is 0 Å². The second-order valence-corrected chi connectivity index (χ2v) is 7.75. The van der Waals surface area contributed by atoms with Gasteiger partial charge in [-0.3, -0.25) is 4.79 Å². The fourth-order valence-corrected chi connectivity index (χ4v) is 4.10. The highest BCUT2D eigenvalue weighted by atomic mass is 32.1. The van der Waals surface area contributed by atoms with Crippen molar-refractivity contribution in [1.29, 1.82) is 0 Å². The van der Waals surface area contributed by atoms with Gasteiger partial charge in [0.25, 0.3) is 5.91 Å². The van der Waals surface area contributed by atoms with Crippen molar-refractivity contribution in [1.82, 2.24) is 9.80 Å². The molecule has 2 heterocycles. The van der Waals surface area contributed by atoms with Gasteiger partial charge in [-0.1, -0.05) is 12.2 Å². The van der Waals surface area contributed by atoms with Gasteiger partial charge in [0.1, 0.15) is 4.99 Å². The van der Waals surface area contributed by atoms with Gasteiger partial charge in [0.2, 0.25) is 0 Å². The first kappa shape index (κ1) is 20.9. The van der Waals surface area contributed by atoms with E-state index in [4.69, 9.17) is 21.7 Å². The highest BCUT2D eigenvalue weighted by Gasteiger charge is 2.23. The quantitative estimate of drug-likeness (QED) is 0.684. The fourth-order valence-electron chi connectivity index (χ4n) is 3.79. The van der Waals surface area contributed by atoms with Crippen molar-refractivity contribution in [2.75, 3.05) is 59.0 Å². The van der Waals surface area contributed by atoms with Gasteiger partial charge in [0.15, 0.2) is 18.1 Å². The third-order valence-electron chi connectivity index (χ3n) is 5.56. The summed E-state index contributed by atoms with van der Waals surface area (Å²) in [5.41, 5.74) is 0.969. The van der Waals surface area contributed by atoms with E-state index in [1.807, 2.05) is 30.0 Å². The maximum absolute atomic E-state index is 12.3. The van der Waals surface area contributed by atoms with Crippen molar-refractivity contribution in [3.8, 4) is 11.5 Å². The minimum atomic E-state index is 0.0378. The highest BCUT2D eigenvalue weighted by Crippen LogP contribution is 2.29. The number of benzene rings is 1. The summed E-state index contributed by atoms with van der Waals surface area (Å²) in [5, 5.41) is 0. The number of likely N-dealkylation sites (tertiary alicyclic amines) is 1. The van der Waals surface area contributed by atoms with Crippen LogP contribution in [-0.4, -0.2) is 79.7 Å². The van der Waals surface area contributed by atoms with E-state index in [0.29, 0.717) is 18.1 Å². The van der Waals surface area contributed by atoms with E-state index in [0.717, 1.165) is 69.2 Å². The minimum absolute atomic E-state index is 0.0378. The first-order valence-electron chi connectivity index (χ1n) is 10.4. The molecule has 2 fully saturated rings. The number of carbonyl (C=O) groups excluding carboxylic acids is 1. The molecule has 154 valence electrons. The second kappa shape index (κ2) is 10.1. The van der Waals surface area contributed by atoms with Crippen LogP contribution in [0.2, 0.25) is 0 Å². The smallest absolute Gasteiger partial charge is 0.260 e. The lowest BCUT2D eigenvalue weighted by Crippen LogP contribution is -3.14. The summed E-state index contributed by atoms with van der Waals surface area (Å²) in [7, 11) is 0. The Morgan fingerprint density at radius 3 is 2.39 bits per heavy atom. The van der Waals surface area contributed by atoms with Crippen molar-refractivity contribution in [3.05, 3.63) is 23.8 Å². The molecule has 1 amide bonds. The van der Waals surface area contributed by atoms with Crippen LogP contribution < -0.4 is 14.4 Å². The Morgan fingerprint density at radius 2 is 1.75 bits per heavy atom. The molecule has 2 aliphatic rings. The number of quaternary nitrogens is 1. The summed E-state index contributed by atoms with van der Waals surface area (Å²) in [6.07, 6.45) is 2.16. The van der Waals surface area contributed by atoms with E-state index in [9.17, 15) is 4.79 Å². The number of piperazine rings is 1. The average molecular weight is 407 g/mol. The first-order valence-corrected chi connectivity index (χ1v) is 10.8. The summed E-state index contributed by atoms with van der Waals surface area (Å²) >= 11 is 5.74. The molecule has 3 rings (SSSR count). The van der Waals surface area contributed by atoms with Crippen molar-refractivity contribution in [2.45, 2.75) is 26.7 Å². The monoisotopic (exact) mass is 406 g/mol. The molecule has 6 nitrogen and oxygen atoms in total. The number of nitrogens with one attached hydrogen (secondary N) is 1. The van der Waals surface area contributed by atoms with E-state index >= 15 is 0 Å². The molecule has 0 atom stereocenters. The topological polar surface area (TPSA) is 46.5 Å². The van der Waals surface area contributed by atoms with Crippen LogP contribution >= 0.6 is 12.2 Å². The lowest BCUT2D eigenvalue weighted by molar-refractivity contribution is -0.902. The van der Waals surface area contributed by atoms with Crippen LogP contribution in [0.3, 0.4) is 0 Å². The molecule has 0 aromatic heterocycles. The number of hydrogen-bond donors (Lipinski definition) is 1. The number of amides is 1. The van der Waals surface area contributed by atoms with Gasteiger partial charge >= 0.3 is 0 Å². The highest BCUT2D eigenvalue weighted by molar-refractivity contribution is 7.80. The van der Waals surface area contributed by atoms with Crippen molar-refractivity contribution in [2.24, 2.45) is 0 Å². The van der Waals surface area contributed by atoms with Crippen LogP contribution in [0, 0.1) is 0 Å². The zero-order valence-electron chi connectivity index (χ0n) is 17.0.